The van der Waals surface area contributed by atoms with Crippen molar-refractivity contribution in [3.8, 4) is 11.1 Å². The summed E-state index contributed by atoms with van der Waals surface area (Å²) >= 11 is 6.45. The SMILES string of the molecule is Cc1ccc2c(Cl)nc(Nc3ccc(-c4cn(C5CCC(N6CCN(C)CC6)CC5)c5ncnc(N)c45)cc3)nc2c1. The largest absolute Gasteiger partial charge is 0.383 e. The lowest BCUT2D eigenvalue weighted by atomic mass is 9.89. The number of nitrogen functional groups attached to an aromatic ring is 1. The molecule has 3 aromatic heterocycles. The number of anilines is 3. The third kappa shape index (κ3) is 5.17. The fraction of sp³-hybridized carbons (Fsp3) is 0.375. The first-order chi connectivity index (χ1) is 20.4. The van der Waals surface area contributed by atoms with E-state index < -0.39 is 0 Å². The Morgan fingerprint density at radius 3 is 2.40 bits per heavy atom. The van der Waals surface area contributed by atoms with Crippen molar-refractivity contribution in [2.24, 2.45) is 0 Å². The number of rotatable bonds is 5. The van der Waals surface area contributed by atoms with Crippen LogP contribution in [0.25, 0.3) is 33.1 Å². The summed E-state index contributed by atoms with van der Waals surface area (Å²) in [6.07, 6.45) is 8.52. The second kappa shape index (κ2) is 11.1. The Bertz CT molecular complexity index is 1730. The maximum Gasteiger partial charge on any atom is 0.229 e. The summed E-state index contributed by atoms with van der Waals surface area (Å²) in [5.74, 6) is 0.976. The number of nitrogens with zero attached hydrogens (tertiary/aromatic N) is 7. The number of fused-ring (bicyclic) bond motifs is 2. The van der Waals surface area contributed by atoms with Crippen LogP contribution in [0.5, 0.6) is 0 Å². The van der Waals surface area contributed by atoms with Crippen LogP contribution in [0.2, 0.25) is 5.15 Å². The highest BCUT2D eigenvalue weighted by Gasteiger charge is 2.30. The lowest BCUT2D eigenvalue weighted by molar-refractivity contribution is 0.0828. The van der Waals surface area contributed by atoms with E-state index in [1.807, 2.05) is 37.3 Å². The molecular formula is C32H36ClN9. The molecule has 9 nitrogen and oxygen atoms in total. The molecule has 42 heavy (non-hydrogen) atoms. The molecule has 4 heterocycles. The van der Waals surface area contributed by atoms with E-state index in [0.29, 0.717) is 29.0 Å². The molecule has 216 valence electrons. The van der Waals surface area contributed by atoms with Crippen LogP contribution in [0.3, 0.4) is 0 Å². The van der Waals surface area contributed by atoms with E-state index in [9.17, 15) is 0 Å². The van der Waals surface area contributed by atoms with Crippen molar-refractivity contribution in [3.05, 3.63) is 65.7 Å². The lowest BCUT2D eigenvalue weighted by Gasteiger charge is -2.41. The lowest BCUT2D eigenvalue weighted by Crippen LogP contribution is -2.49. The number of aryl methyl sites for hydroxylation is 1. The number of aromatic nitrogens is 5. The fourth-order valence-electron chi connectivity index (χ4n) is 6.61. The highest BCUT2D eigenvalue weighted by atomic mass is 35.5. The average Bonchev–Trinajstić information content (AvgIpc) is 3.39. The molecule has 1 aliphatic heterocycles. The van der Waals surface area contributed by atoms with Gasteiger partial charge in [-0.3, -0.25) is 4.90 Å². The summed E-state index contributed by atoms with van der Waals surface area (Å²) in [6, 6.07) is 15.3. The van der Waals surface area contributed by atoms with Crippen molar-refractivity contribution in [1.82, 2.24) is 34.3 Å². The molecule has 2 aromatic carbocycles. The molecule has 3 N–H and O–H groups in total. The number of piperazine rings is 1. The third-order valence-electron chi connectivity index (χ3n) is 9.01. The van der Waals surface area contributed by atoms with Gasteiger partial charge in [0.1, 0.15) is 22.9 Å². The second-order valence-electron chi connectivity index (χ2n) is 11.8. The van der Waals surface area contributed by atoms with E-state index >= 15 is 0 Å². The molecule has 0 bridgehead atoms. The second-order valence-corrected chi connectivity index (χ2v) is 12.1. The average molecular weight is 582 g/mol. The summed E-state index contributed by atoms with van der Waals surface area (Å²) in [5, 5.41) is 5.49. The first-order valence-electron chi connectivity index (χ1n) is 14.8. The summed E-state index contributed by atoms with van der Waals surface area (Å²) in [6.45, 7) is 6.72. The number of hydrogen-bond acceptors (Lipinski definition) is 8. The van der Waals surface area contributed by atoms with Gasteiger partial charge in [0.2, 0.25) is 5.95 Å². The summed E-state index contributed by atoms with van der Waals surface area (Å²) in [4.78, 5) is 23.3. The zero-order valence-electron chi connectivity index (χ0n) is 24.1. The number of benzene rings is 2. The van der Waals surface area contributed by atoms with Gasteiger partial charge in [-0.25, -0.2) is 19.9 Å². The van der Waals surface area contributed by atoms with Gasteiger partial charge >= 0.3 is 0 Å². The highest BCUT2D eigenvalue weighted by Crippen LogP contribution is 2.39. The minimum Gasteiger partial charge on any atom is -0.383 e. The molecular weight excluding hydrogens is 546 g/mol. The van der Waals surface area contributed by atoms with Gasteiger partial charge in [-0.05, 0) is 75.0 Å². The number of hydrogen-bond donors (Lipinski definition) is 2. The van der Waals surface area contributed by atoms with Crippen molar-refractivity contribution in [1.29, 1.82) is 0 Å². The van der Waals surface area contributed by atoms with Crippen LogP contribution in [-0.4, -0.2) is 73.6 Å². The van der Waals surface area contributed by atoms with Crippen LogP contribution in [0, 0.1) is 6.92 Å². The monoisotopic (exact) mass is 581 g/mol. The number of halogens is 1. The molecule has 2 fully saturated rings. The van der Waals surface area contributed by atoms with Gasteiger partial charge in [-0.1, -0.05) is 29.8 Å². The van der Waals surface area contributed by atoms with Gasteiger partial charge in [0.15, 0.2) is 0 Å². The molecule has 1 saturated heterocycles. The first-order valence-corrected chi connectivity index (χ1v) is 15.2. The summed E-state index contributed by atoms with van der Waals surface area (Å²) in [7, 11) is 2.22. The van der Waals surface area contributed by atoms with Gasteiger partial charge < -0.3 is 20.5 Å². The van der Waals surface area contributed by atoms with Gasteiger partial charge in [-0.2, -0.15) is 0 Å². The maximum atomic E-state index is 6.45. The predicted octanol–water partition coefficient (Wildman–Crippen LogP) is 6.06. The molecule has 0 atom stereocenters. The molecule has 2 aliphatic rings. The number of nitrogens with one attached hydrogen (secondary N) is 1. The van der Waals surface area contributed by atoms with E-state index in [-0.39, 0.29) is 0 Å². The van der Waals surface area contributed by atoms with Crippen molar-refractivity contribution < 1.29 is 0 Å². The van der Waals surface area contributed by atoms with Gasteiger partial charge in [0, 0.05) is 61.1 Å². The predicted molar refractivity (Wildman–Crippen MR) is 170 cm³/mol. The molecule has 0 unspecified atom stereocenters. The van der Waals surface area contributed by atoms with E-state index in [2.05, 4.69) is 60.0 Å². The van der Waals surface area contributed by atoms with Gasteiger partial charge in [-0.15, -0.1) is 0 Å². The molecule has 0 radical (unpaired) electrons. The summed E-state index contributed by atoms with van der Waals surface area (Å²) in [5.41, 5.74) is 12.3. The van der Waals surface area contributed by atoms with Crippen LogP contribution in [0.15, 0.2) is 55.0 Å². The van der Waals surface area contributed by atoms with Crippen LogP contribution in [-0.2, 0) is 0 Å². The normalized spacial score (nSPS) is 20.4. The smallest absolute Gasteiger partial charge is 0.229 e. The van der Waals surface area contributed by atoms with Crippen molar-refractivity contribution in [3.63, 3.8) is 0 Å². The molecule has 1 saturated carbocycles. The zero-order chi connectivity index (χ0) is 28.8. The molecule has 5 aromatic rings. The topological polar surface area (TPSA) is 101 Å². The number of likely N-dealkylation sites (N-methyl/N-ethyl adjacent to an activating group) is 1. The Balaban J connectivity index is 1.13. The van der Waals surface area contributed by atoms with Crippen LogP contribution in [0.4, 0.5) is 17.5 Å². The Morgan fingerprint density at radius 1 is 0.905 bits per heavy atom. The van der Waals surface area contributed by atoms with Crippen molar-refractivity contribution >= 4 is 51.0 Å². The van der Waals surface area contributed by atoms with Crippen molar-refractivity contribution in [2.45, 2.75) is 44.7 Å². The number of nitrogens with two attached hydrogens (primary N) is 1. The fourth-order valence-corrected chi connectivity index (χ4v) is 6.85. The van der Waals surface area contributed by atoms with Crippen molar-refractivity contribution in [2.75, 3.05) is 44.3 Å². The Hall–Kier alpha value is -3.79. The molecule has 0 amide bonds. The van der Waals surface area contributed by atoms with Crippen LogP contribution in [0.1, 0.15) is 37.3 Å². The van der Waals surface area contributed by atoms with Crippen LogP contribution < -0.4 is 11.1 Å². The Kier molecular flexibility index (Phi) is 7.17. The third-order valence-corrected chi connectivity index (χ3v) is 9.30. The minimum absolute atomic E-state index is 0.402. The Labute approximate surface area is 250 Å². The highest BCUT2D eigenvalue weighted by molar-refractivity contribution is 6.34. The standard InChI is InChI=1S/C32H36ClN9/c1-20-3-12-25-27(17-20)38-32(39-29(25)33)37-22-6-4-21(5-7-22)26-18-42(31-28(26)30(34)35-19-36-31)24-10-8-23(9-11-24)41-15-13-40(2)14-16-41/h3-7,12,17-19,23-24H,8-11,13-16H2,1-2H3,(H2,34,35,36)(H,37,38,39). The molecule has 1 aliphatic carbocycles. The van der Waals surface area contributed by atoms with Crippen LogP contribution >= 0.6 is 11.6 Å². The quantitative estimate of drug-likeness (QED) is 0.242. The minimum atomic E-state index is 0.402. The van der Waals surface area contributed by atoms with E-state index in [4.69, 9.17) is 22.3 Å². The first kappa shape index (κ1) is 27.1. The van der Waals surface area contributed by atoms with E-state index in [1.165, 1.54) is 39.0 Å². The molecule has 0 spiro atoms. The summed E-state index contributed by atoms with van der Waals surface area (Å²) < 4.78 is 2.35. The zero-order valence-corrected chi connectivity index (χ0v) is 24.8. The molecule has 10 heteroatoms. The van der Waals surface area contributed by atoms with E-state index in [0.717, 1.165) is 57.2 Å². The van der Waals surface area contributed by atoms with Gasteiger partial charge in [0.25, 0.3) is 0 Å². The Morgan fingerprint density at radius 2 is 1.64 bits per heavy atom. The van der Waals surface area contributed by atoms with E-state index in [1.54, 1.807) is 6.33 Å². The maximum absolute atomic E-state index is 6.45. The molecule has 7 rings (SSSR count). The van der Waals surface area contributed by atoms with Gasteiger partial charge in [0.05, 0.1) is 10.9 Å².